The Morgan fingerprint density at radius 3 is 2.43 bits per heavy atom. The van der Waals surface area contributed by atoms with Gasteiger partial charge in [-0.15, -0.1) is 0 Å². The second-order valence-electron chi connectivity index (χ2n) is 5.04. The molecule has 0 amide bonds. The second kappa shape index (κ2) is 6.29. The Kier molecular flexibility index (Phi) is 4.85. The van der Waals surface area contributed by atoms with Crippen LogP contribution in [-0.4, -0.2) is 30.8 Å². The molecule has 0 aliphatic rings. The van der Waals surface area contributed by atoms with Crippen molar-refractivity contribution in [3.8, 4) is 0 Å². The van der Waals surface area contributed by atoms with Gasteiger partial charge >= 0.3 is 0 Å². The van der Waals surface area contributed by atoms with E-state index in [1.54, 1.807) is 16.4 Å². The number of fused-ring (bicyclic) bond motifs is 1. The molecule has 1 aromatic carbocycles. The van der Waals surface area contributed by atoms with Gasteiger partial charge in [-0.25, -0.2) is 13.4 Å². The summed E-state index contributed by atoms with van der Waals surface area (Å²) in [6, 6.07) is 3.37. The van der Waals surface area contributed by atoms with Gasteiger partial charge in [-0.3, -0.25) is 0 Å². The number of anilines is 1. The second-order valence-corrected chi connectivity index (χ2v) is 8.04. The Balaban J connectivity index is 2.52. The van der Waals surface area contributed by atoms with E-state index in [-0.39, 0.29) is 0 Å². The van der Waals surface area contributed by atoms with Crippen molar-refractivity contribution in [3.63, 3.8) is 0 Å². The van der Waals surface area contributed by atoms with Crippen LogP contribution < -0.4 is 5.73 Å². The maximum atomic E-state index is 12.8. The number of nitrogens with zero attached hydrogens (tertiary/aromatic N) is 2. The van der Waals surface area contributed by atoms with Crippen molar-refractivity contribution < 1.29 is 8.42 Å². The van der Waals surface area contributed by atoms with E-state index in [4.69, 9.17) is 5.73 Å². The third kappa shape index (κ3) is 3.20. The molecule has 0 saturated carbocycles. The van der Waals surface area contributed by atoms with Gasteiger partial charge in [0, 0.05) is 13.1 Å². The van der Waals surface area contributed by atoms with E-state index in [2.05, 4.69) is 4.98 Å². The molecule has 1 aromatic heterocycles. The predicted octanol–water partition coefficient (Wildman–Crippen LogP) is 3.00. The van der Waals surface area contributed by atoms with E-state index in [9.17, 15) is 8.42 Å². The Labute approximate surface area is 129 Å². The number of benzene rings is 1. The van der Waals surface area contributed by atoms with Gasteiger partial charge in [-0.1, -0.05) is 25.2 Å². The molecule has 0 bridgehead atoms. The zero-order valence-electron chi connectivity index (χ0n) is 12.6. The molecule has 0 saturated heterocycles. The zero-order valence-corrected chi connectivity index (χ0v) is 14.2. The quantitative estimate of drug-likeness (QED) is 0.885. The van der Waals surface area contributed by atoms with Crippen molar-refractivity contribution in [2.75, 3.05) is 18.8 Å². The fourth-order valence-corrected chi connectivity index (χ4v) is 4.99. The van der Waals surface area contributed by atoms with Crippen molar-refractivity contribution in [2.24, 2.45) is 0 Å². The fraction of sp³-hybridized carbons (Fsp3) is 0.500. The lowest BCUT2D eigenvalue weighted by Gasteiger charge is -2.21. The Hall–Kier alpha value is -1.18. The molecule has 2 rings (SSSR count). The minimum atomic E-state index is -3.46. The van der Waals surface area contributed by atoms with Crippen LogP contribution in [0, 0.1) is 6.92 Å². The average Bonchev–Trinajstić information content (AvgIpc) is 2.79. The average molecular weight is 327 g/mol. The summed E-state index contributed by atoms with van der Waals surface area (Å²) in [4.78, 5) is 4.57. The highest BCUT2D eigenvalue weighted by Crippen LogP contribution is 2.30. The summed E-state index contributed by atoms with van der Waals surface area (Å²) in [5.41, 5.74) is 7.35. The molecule has 0 radical (unpaired) electrons. The standard InChI is InChI=1S/C14H21N3O2S2/c1-4-6-17(7-5-2)21(18,19)11-8-10(3)13-12(9-11)20-14(15)16-13/h8-9H,4-7H2,1-3H3,(H2,15,16). The van der Waals surface area contributed by atoms with Crippen molar-refractivity contribution in [3.05, 3.63) is 17.7 Å². The van der Waals surface area contributed by atoms with Gasteiger partial charge in [0.1, 0.15) is 0 Å². The van der Waals surface area contributed by atoms with Gasteiger partial charge in [0.05, 0.1) is 15.1 Å². The summed E-state index contributed by atoms with van der Waals surface area (Å²) in [6.45, 7) is 6.91. The minimum absolute atomic E-state index is 0.332. The summed E-state index contributed by atoms with van der Waals surface area (Å²) in [6.07, 6.45) is 1.60. The topological polar surface area (TPSA) is 76.3 Å². The van der Waals surface area contributed by atoms with Gasteiger partial charge in [0.15, 0.2) is 5.13 Å². The van der Waals surface area contributed by atoms with Crippen LogP contribution in [0.25, 0.3) is 10.2 Å². The number of aromatic nitrogens is 1. The van der Waals surface area contributed by atoms with Crippen LogP contribution in [0.1, 0.15) is 32.3 Å². The molecule has 0 aliphatic carbocycles. The van der Waals surface area contributed by atoms with Crippen LogP contribution in [0.2, 0.25) is 0 Å². The number of hydrogen-bond donors (Lipinski definition) is 1. The molecule has 7 heteroatoms. The lowest BCUT2D eigenvalue weighted by atomic mass is 10.2. The Bertz CT molecular complexity index is 732. The van der Waals surface area contributed by atoms with Crippen LogP contribution in [0.3, 0.4) is 0 Å². The molecule has 2 N–H and O–H groups in total. The number of rotatable bonds is 6. The fourth-order valence-electron chi connectivity index (χ4n) is 2.33. The van der Waals surface area contributed by atoms with E-state index >= 15 is 0 Å². The van der Waals surface area contributed by atoms with E-state index in [0.29, 0.717) is 23.1 Å². The van der Waals surface area contributed by atoms with Crippen molar-refractivity contribution in [2.45, 2.75) is 38.5 Å². The third-order valence-electron chi connectivity index (χ3n) is 3.26. The summed E-state index contributed by atoms with van der Waals surface area (Å²) < 4.78 is 28.0. The number of hydrogen-bond acceptors (Lipinski definition) is 5. The first kappa shape index (κ1) is 16.2. The van der Waals surface area contributed by atoms with Crippen LogP contribution in [0.5, 0.6) is 0 Å². The number of nitrogen functional groups attached to an aromatic ring is 1. The first-order chi connectivity index (χ1) is 9.90. The van der Waals surface area contributed by atoms with Crippen LogP contribution in [0.4, 0.5) is 5.13 Å². The van der Waals surface area contributed by atoms with Gasteiger partial charge in [-0.05, 0) is 37.5 Å². The number of aryl methyl sites for hydroxylation is 1. The SMILES string of the molecule is CCCN(CCC)S(=O)(=O)c1cc(C)c2nc(N)sc2c1. The van der Waals surface area contributed by atoms with Crippen LogP contribution >= 0.6 is 11.3 Å². The van der Waals surface area contributed by atoms with Crippen molar-refractivity contribution in [1.82, 2.24) is 9.29 Å². The highest BCUT2D eigenvalue weighted by molar-refractivity contribution is 7.89. The van der Waals surface area contributed by atoms with E-state index in [1.807, 2.05) is 20.8 Å². The molecule has 0 aliphatic heterocycles. The first-order valence-electron chi connectivity index (χ1n) is 7.07. The molecule has 0 fully saturated rings. The number of sulfonamides is 1. The minimum Gasteiger partial charge on any atom is -0.375 e. The lowest BCUT2D eigenvalue weighted by Crippen LogP contribution is -2.32. The van der Waals surface area contributed by atoms with Crippen molar-refractivity contribution in [1.29, 1.82) is 0 Å². The van der Waals surface area contributed by atoms with Gasteiger partial charge in [0.2, 0.25) is 10.0 Å². The molecule has 21 heavy (non-hydrogen) atoms. The van der Waals surface area contributed by atoms with Crippen LogP contribution in [-0.2, 0) is 10.0 Å². The monoisotopic (exact) mass is 327 g/mol. The molecule has 0 atom stereocenters. The largest absolute Gasteiger partial charge is 0.375 e. The molecule has 2 aromatic rings. The molecule has 1 heterocycles. The lowest BCUT2D eigenvalue weighted by molar-refractivity contribution is 0.410. The molecule has 0 spiro atoms. The maximum Gasteiger partial charge on any atom is 0.243 e. The zero-order chi connectivity index (χ0) is 15.6. The maximum absolute atomic E-state index is 12.8. The Morgan fingerprint density at radius 1 is 1.24 bits per heavy atom. The molecular weight excluding hydrogens is 306 g/mol. The normalized spacial score (nSPS) is 12.4. The van der Waals surface area contributed by atoms with Gasteiger partial charge in [-0.2, -0.15) is 4.31 Å². The predicted molar refractivity (Wildman–Crippen MR) is 88.1 cm³/mol. The smallest absolute Gasteiger partial charge is 0.243 e. The number of nitrogens with two attached hydrogens (primary N) is 1. The first-order valence-corrected chi connectivity index (χ1v) is 9.32. The molecule has 0 unspecified atom stereocenters. The Morgan fingerprint density at radius 2 is 1.86 bits per heavy atom. The van der Waals surface area contributed by atoms with Crippen molar-refractivity contribution >= 4 is 36.7 Å². The third-order valence-corrected chi connectivity index (χ3v) is 5.97. The molecule has 5 nitrogen and oxygen atoms in total. The van der Waals surface area contributed by atoms with E-state index in [1.165, 1.54) is 11.3 Å². The highest BCUT2D eigenvalue weighted by Gasteiger charge is 2.24. The van der Waals surface area contributed by atoms with Crippen LogP contribution in [0.15, 0.2) is 17.0 Å². The highest BCUT2D eigenvalue weighted by atomic mass is 32.2. The summed E-state index contributed by atoms with van der Waals surface area (Å²) >= 11 is 1.32. The van der Waals surface area contributed by atoms with E-state index in [0.717, 1.165) is 28.6 Å². The van der Waals surface area contributed by atoms with Gasteiger partial charge < -0.3 is 5.73 Å². The number of thiazole rings is 1. The molecule has 116 valence electrons. The van der Waals surface area contributed by atoms with E-state index < -0.39 is 10.0 Å². The van der Waals surface area contributed by atoms with Gasteiger partial charge in [0.25, 0.3) is 0 Å². The summed E-state index contributed by atoms with van der Waals surface area (Å²) in [7, 11) is -3.46. The summed E-state index contributed by atoms with van der Waals surface area (Å²) in [5, 5.41) is 0.460. The molecular formula is C14H21N3O2S2. The summed E-state index contributed by atoms with van der Waals surface area (Å²) in [5.74, 6) is 0.